The third-order valence-electron chi connectivity index (χ3n) is 2.58. The molecule has 2 aromatic rings. The summed E-state index contributed by atoms with van der Waals surface area (Å²) in [7, 11) is 0. The van der Waals surface area contributed by atoms with Crippen molar-refractivity contribution in [3.63, 3.8) is 0 Å². The predicted octanol–water partition coefficient (Wildman–Crippen LogP) is 3.44. The molecule has 0 bridgehead atoms. The predicted molar refractivity (Wildman–Crippen MR) is 69.7 cm³/mol. The van der Waals surface area contributed by atoms with Crippen LogP contribution in [0.2, 0.25) is 0 Å². The van der Waals surface area contributed by atoms with E-state index < -0.39 is 0 Å². The highest BCUT2D eigenvalue weighted by Gasteiger charge is 2.07. The smallest absolute Gasteiger partial charge is 0.153 e. The number of alkyl halides is 1. The molecule has 0 aliphatic rings. The lowest BCUT2D eigenvalue weighted by atomic mass is 10.1. The molecule has 0 spiro atoms. The summed E-state index contributed by atoms with van der Waals surface area (Å²) in [5.74, 6) is 1.71. The zero-order valence-electron chi connectivity index (χ0n) is 10.3. The van der Waals surface area contributed by atoms with Crippen molar-refractivity contribution in [1.29, 1.82) is 0 Å². The lowest BCUT2D eigenvalue weighted by Gasteiger charge is -2.09. The third-order valence-corrected chi connectivity index (χ3v) is 2.89. The van der Waals surface area contributed by atoms with E-state index in [1.54, 1.807) is 4.68 Å². The standard InChI is InChI=1S/C13H16ClN3/c1-9(2)12-4-11(6-14)5-13(16-12)17-8-10(3)7-15-17/h4-5,7-9H,6H2,1-3H3. The van der Waals surface area contributed by atoms with Crippen LogP contribution in [0.25, 0.3) is 5.82 Å². The number of nitrogens with zero attached hydrogens (tertiary/aromatic N) is 3. The van der Waals surface area contributed by atoms with Crippen molar-refractivity contribution in [3.8, 4) is 5.82 Å². The lowest BCUT2D eigenvalue weighted by molar-refractivity contribution is 0.780. The molecule has 0 aliphatic heterocycles. The van der Waals surface area contributed by atoms with Crippen LogP contribution in [0.3, 0.4) is 0 Å². The number of hydrogen-bond donors (Lipinski definition) is 0. The Hall–Kier alpha value is -1.35. The molecule has 17 heavy (non-hydrogen) atoms. The Morgan fingerprint density at radius 3 is 2.65 bits per heavy atom. The van der Waals surface area contributed by atoms with Crippen LogP contribution >= 0.6 is 11.6 Å². The number of halogens is 1. The zero-order chi connectivity index (χ0) is 12.4. The summed E-state index contributed by atoms with van der Waals surface area (Å²) < 4.78 is 1.79. The Kier molecular flexibility index (Phi) is 3.48. The molecule has 0 radical (unpaired) electrons. The number of aromatic nitrogens is 3. The fourth-order valence-electron chi connectivity index (χ4n) is 1.62. The first-order valence-corrected chi connectivity index (χ1v) is 6.22. The van der Waals surface area contributed by atoms with E-state index in [0.29, 0.717) is 11.8 Å². The fraction of sp³-hybridized carbons (Fsp3) is 0.385. The van der Waals surface area contributed by atoms with Gasteiger partial charge in [0.05, 0.1) is 6.20 Å². The number of aryl methyl sites for hydroxylation is 1. The normalized spacial score (nSPS) is 11.1. The summed E-state index contributed by atoms with van der Waals surface area (Å²) in [5.41, 5.74) is 3.24. The van der Waals surface area contributed by atoms with Gasteiger partial charge in [0.2, 0.25) is 0 Å². The minimum absolute atomic E-state index is 0.383. The van der Waals surface area contributed by atoms with Gasteiger partial charge in [0.25, 0.3) is 0 Å². The molecule has 0 unspecified atom stereocenters. The van der Waals surface area contributed by atoms with E-state index in [0.717, 1.165) is 22.6 Å². The van der Waals surface area contributed by atoms with Gasteiger partial charge in [0, 0.05) is 17.8 Å². The Labute approximate surface area is 106 Å². The summed E-state index contributed by atoms with van der Waals surface area (Å²) in [4.78, 5) is 4.61. The molecular weight excluding hydrogens is 234 g/mol. The highest BCUT2D eigenvalue weighted by Crippen LogP contribution is 2.18. The first-order valence-electron chi connectivity index (χ1n) is 5.68. The molecule has 0 N–H and O–H groups in total. The van der Waals surface area contributed by atoms with E-state index >= 15 is 0 Å². The van der Waals surface area contributed by atoms with Crippen LogP contribution in [0.15, 0.2) is 24.5 Å². The van der Waals surface area contributed by atoms with E-state index in [4.69, 9.17) is 11.6 Å². The second kappa shape index (κ2) is 4.88. The van der Waals surface area contributed by atoms with Gasteiger partial charge in [-0.3, -0.25) is 0 Å². The highest BCUT2D eigenvalue weighted by molar-refractivity contribution is 6.17. The first-order chi connectivity index (χ1) is 8.10. The second-order valence-electron chi connectivity index (χ2n) is 4.51. The molecule has 0 aromatic carbocycles. The van der Waals surface area contributed by atoms with Crippen molar-refractivity contribution < 1.29 is 0 Å². The van der Waals surface area contributed by atoms with Crippen LogP contribution in [0, 0.1) is 6.92 Å². The first kappa shape index (κ1) is 12.1. The van der Waals surface area contributed by atoms with Gasteiger partial charge in [-0.05, 0) is 36.1 Å². The van der Waals surface area contributed by atoms with Crippen molar-refractivity contribution in [1.82, 2.24) is 14.8 Å². The van der Waals surface area contributed by atoms with Gasteiger partial charge in [-0.25, -0.2) is 9.67 Å². The van der Waals surface area contributed by atoms with E-state index in [9.17, 15) is 0 Å². The molecule has 4 heteroatoms. The Balaban J connectivity index is 2.49. The molecule has 2 aromatic heterocycles. The Morgan fingerprint density at radius 2 is 2.12 bits per heavy atom. The molecule has 0 fully saturated rings. The SMILES string of the molecule is Cc1cnn(-c2cc(CCl)cc(C(C)C)n2)c1. The quantitative estimate of drug-likeness (QED) is 0.781. The second-order valence-corrected chi connectivity index (χ2v) is 4.78. The maximum absolute atomic E-state index is 5.91. The van der Waals surface area contributed by atoms with Crippen LogP contribution in [-0.2, 0) is 5.88 Å². The Bertz CT molecular complexity index is 517. The summed E-state index contributed by atoms with van der Waals surface area (Å²) in [6.07, 6.45) is 3.79. The van der Waals surface area contributed by atoms with Crippen LogP contribution < -0.4 is 0 Å². The van der Waals surface area contributed by atoms with Crippen molar-refractivity contribution in [3.05, 3.63) is 41.3 Å². The van der Waals surface area contributed by atoms with Crippen LogP contribution in [0.4, 0.5) is 0 Å². The van der Waals surface area contributed by atoms with Gasteiger partial charge in [0.1, 0.15) is 0 Å². The molecule has 0 saturated carbocycles. The van der Waals surface area contributed by atoms with Gasteiger partial charge in [-0.1, -0.05) is 13.8 Å². The molecule has 0 atom stereocenters. The average Bonchev–Trinajstić information content (AvgIpc) is 2.75. The van der Waals surface area contributed by atoms with E-state index in [1.165, 1.54) is 0 Å². The van der Waals surface area contributed by atoms with E-state index in [2.05, 4.69) is 30.0 Å². The van der Waals surface area contributed by atoms with Crippen molar-refractivity contribution in [2.75, 3.05) is 0 Å². The number of pyridine rings is 1. The minimum Gasteiger partial charge on any atom is -0.233 e. The zero-order valence-corrected chi connectivity index (χ0v) is 11.1. The third kappa shape index (κ3) is 2.67. The topological polar surface area (TPSA) is 30.7 Å². The minimum atomic E-state index is 0.383. The molecule has 90 valence electrons. The van der Waals surface area contributed by atoms with Crippen molar-refractivity contribution in [2.45, 2.75) is 32.6 Å². The molecular formula is C13H16ClN3. The summed E-state index contributed by atoms with van der Waals surface area (Å²) in [6.45, 7) is 6.26. The van der Waals surface area contributed by atoms with Crippen LogP contribution in [-0.4, -0.2) is 14.8 Å². The molecule has 2 rings (SSSR count). The average molecular weight is 250 g/mol. The summed E-state index contributed by atoms with van der Waals surface area (Å²) >= 11 is 5.91. The van der Waals surface area contributed by atoms with Crippen molar-refractivity contribution >= 4 is 11.6 Å². The van der Waals surface area contributed by atoms with Gasteiger partial charge in [-0.2, -0.15) is 5.10 Å². The number of hydrogen-bond acceptors (Lipinski definition) is 2. The van der Waals surface area contributed by atoms with Crippen LogP contribution in [0.1, 0.15) is 36.6 Å². The number of rotatable bonds is 3. The van der Waals surface area contributed by atoms with Gasteiger partial charge in [-0.15, -0.1) is 11.6 Å². The van der Waals surface area contributed by atoms with Gasteiger partial charge >= 0.3 is 0 Å². The largest absolute Gasteiger partial charge is 0.233 e. The molecule has 2 heterocycles. The van der Waals surface area contributed by atoms with Gasteiger partial charge in [0.15, 0.2) is 5.82 Å². The lowest BCUT2D eigenvalue weighted by Crippen LogP contribution is -2.03. The summed E-state index contributed by atoms with van der Waals surface area (Å²) in [6, 6.07) is 4.03. The molecule has 0 aliphatic carbocycles. The maximum atomic E-state index is 5.91. The maximum Gasteiger partial charge on any atom is 0.153 e. The van der Waals surface area contributed by atoms with Gasteiger partial charge < -0.3 is 0 Å². The molecule has 0 saturated heterocycles. The molecule has 3 nitrogen and oxygen atoms in total. The van der Waals surface area contributed by atoms with Crippen molar-refractivity contribution in [2.24, 2.45) is 0 Å². The highest BCUT2D eigenvalue weighted by atomic mass is 35.5. The monoisotopic (exact) mass is 249 g/mol. The van der Waals surface area contributed by atoms with E-state index in [1.807, 2.05) is 25.4 Å². The van der Waals surface area contributed by atoms with Crippen LogP contribution in [0.5, 0.6) is 0 Å². The fourth-order valence-corrected chi connectivity index (χ4v) is 1.78. The van der Waals surface area contributed by atoms with E-state index in [-0.39, 0.29) is 0 Å². The molecule has 0 amide bonds. The Morgan fingerprint density at radius 1 is 1.35 bits per heavy atom. The summed E-state index contributed by atoms with van der Waals surface area (Å²) in [5, 5.41) is 4.27.